The van der Waals surface area contributed by atoms with E-state index in [-0.39, 0.29) is 0 Å². The molecule has 0 aliphatic heterocycles. The van der Waals surface area contributed by atoms with Crippen molar-refractivity contribution in [1.29, 1.82) is 0 Å². The monoisotopic (exact) mass is 344 g/mol. The number of hydrogen-bond acceptors (Lipinski definition) is 2. The zero-order chi connectivity index (χ0) is 14.2. The summed E-state index contributed by atoms with van der Waals surface area (Å²) in [5.41, 5.74) is 2.45. The molecule has 0 spiro atoms. The van der Waals surface area contributed by atoms with Gasteiger partial charge in [0.1, 0.15) is 5.82 Å². The first kappa shape index (κ1) is 13.6. The molecule has 21 heavy (non-hydrogen) atoms. The molecule has 3 heteroatoms. The summed E-state index contributed by atoms with van der Waals surface area (Å²) in [6, 6.07) is 10.8. The van der Waals surface area contributed by atoms with Crippen LogP contribution in [0.15, 0.2) is 30.3 Å². The Labute approximate surface area is 134 Å². The molecule has 2 fully saturated rings. The minimum atomic E-state index is 0.881. The summed E-state index contributed by atoms with van der Waals surface area (Å²) in [7, 11) is 0. The molecule has 0 bridgehead atoms. The molecule has 0 atom stereocenters. The molecule has 0 N–H and O–H groups in total. The van der Waals surface area contributed by atoms with Gasteiger partial charge >= 0.3 is 0 Å². The quantitative estimate of drug-likeness (QED) is 0.702. The summed E-state index contributed by atoms with van der Waals surface area (Å²) in [6.45, 7) is 2.39. The Bertz CT molecular complexity index is 633. The summed E-state index contributed by atoms with van der Waals surface area (Å²) < 4.78 is 0. The van der Waals surface area contributed by atoms with Gasteiger partial charge in [-0.2, -0.15) is 0 Å². The summed E-state index contributed by atoms with van der Waals surface area (Å²) in [6.07, 6.45) is 5.60. The molecule has 2 aliphatic rings. The fourth-order valence-corrected chi connectivity index (χ4v) is 3.41. The van der Waals surface area contributed by atoms with E-state index in [4.69, 9.17) is 4.98 Å². The number of fused-ring (bicyclic) bond motifs is 1. The lowest BCUT2D eigenvalue weighted by atomic mass is 10.1. The third-order valence-corrected chi connectivity index (χ3v) is 5.18. The standard InChI is InChI=1S/C18H21BrN2/c19-10-16-9-15-3-1-2-4-17(15)20-18(16)21(11-13-5-6-13)12-14-7-8-14/h1-4,9,13-14H,5-8,10-12H2. The van der Waals surface area contributed by atoms with Crippen molar-refractivity contribution < 1.29 is 0 Å². The van der Waals surface area contributed by atoms with Crippen LogP contribution in [0.25, 0.3) is 10.9 Å². The molecular formula is C18H21BrN2. The highest BCUT2D eigenvalue weighted by molar-refractivity contribution is 9.08. The second-order valence-electron chi connectivity index (χ2n) is 6.59. The van der Waals surface area contributed by atoms with Gasteiger partial charge in [0.25, 0.3) is 0 Å². The molecule has 1 heterocycles. The average molecular weight is 345 g/mol. The molecule has 0 radical (unpaired) electrons. The molecule has 110 valence electrons. The largest absolute Gasteiger partial charge is 0.356 e. The van der Waals surface area contributed by atoms with Crippen LogP contribution >= 0.6 is 15.9 Å². The van der Waals surface area contributed by atoms with Crippen molar-refractivity contribution in [2.75, 3.05) is 18.0 Å². The summed E-state index contributed by atoms with van der Waals surface area (Å²) in [5.74, 6) is 3.02. The van der Waals surface area contributed by atoms with E-state index < -0.39 is 0 Å². The van der Waals surface area contributed by atoms with E-state index >= 15 is 0 Å². The molecule has 2 aliphatic carbocycles. The van der Waals surface area contributed by atoms with E-state index in [9.17, 15) is 0 Å². The van der Waals surface area contributed by atoms with Crippen LogP contribution in [-0.2, 0) is 5.33 Å². The highest BCUT2D eigenvalue weighted by Gasteiger charge is 2.30. The number of alkyl halides is 1. The third kappa shape index (κ3) is 3.08. The lowest BCUT2D eigenvalue weighted by molar-refractivity contribution is 0.671. The first-order valence-corrected chi connectivity index (χ1v) is 9.15. The Hall–Kier alpha value is -1.09. The Morgan fingerprint density at radius 1 is 1.05 bits per heavy atom. The third-order valence-electron chi connectivity index (χ3n) is 4.57. The van der Waals surface area contributed by atoms with Crippen molar-refractivity contribution in [2.45, 2.75) is 31.0 Å². The number of nitrogens with zero attached hydrogens (tertiary/aromatic N) is 2. The number of benzene rings is 1. The molecule has 1 aromatic heterocycles. The molecule has 2 aromatic rings. The van der Waals surface area contributed by atoms with Crippen LogP contribution < -0.4 is 4.90 Å². The van der Waals surface area contributed by atoms with Crippen LogP contribution in [0.1, 0.15) is 31.2 Å². The van der Waals surface area contributed by atoms with E-state index in [2.05, 4.69) is 51.2 Å². The van der Waals surface area contributed by atoms with Crippen molar-refractivity contribution in [1.82, 2.24) is 4.98 Å². The predicted molar refractivity (Wildman–Crippen MR) is 92.0 cm³/mol. The Kier molecular flexibility index (Phi) is 3.62. The van der Waals surface area contributed by atoms with Gasteiger partial charge in [0.15, 0.2) is 0 Å². The molecule has 0 saturated heterocycles. The number of halogens is 1. The minimum Gasteiger partial charge on any atom is -0.356 e. The van der Waals surface area contributed by atoms with Crippen LogP contribution in [-0.4, -0.2) is 18.1 Å². The first-order chi connectivity index (χ1) is 10.3. The SMILES string of the molecule is BrCc1cc2ccccc2nc1N(CC1CC1)CC1CC1. The van der Waals surface area contributed by atoms with Crippen molar-refractivity contribution in [2.24, 2.45) is 11.8 Å². The van der Waals surface area contributed by atoms with E-state index in [1.54, 1.807) is 0 Å². The van der Waals surface area contributed by atoms with Gasteiger partial charge in [-0.1, -0.05) is 34.1 Å². The number of hydrogen-bond donors (Lipinski definition) is 0. The van der Waals surface area contributed by atoms with Crippen LogP contribution in [0.3, 0.4) is 0 Å². The van der Waals surface area contributed by atoms with Crippen molar-refractivity contribution in [3.8, 4) is 0 Å². The number of pyridine rings is 1. The van der Waals surface area contributed by atoms with Crippen molar-refractivity contribution in [3.05, 3.63) is 35.9 Å². The maximum absolute atomic E-state index is 5.00. The Balaban J connectivity index is 1.72. The van der Waals surface area contributed by atoms with Crippen LogP contribution in [0.4, 0.5) is 5.82 Å². The fourth-order valence-electron chi connectivity index (χ4n) is 2.99. The number of para-hydroxylation sites is 1. The molecule has 4 rings (SSSR count). The van der Waals surface area contributed by atoms with E-state index in [1.165, 1.54) is 55.5 Å². The number of rotatable bonds is 6. The van der Waals surface area contributed by atoms with Gasteiger partial charge < -0.3 is 4.90 Å². The summed E-state index contributed by atoms with van der Waals surface area (Å²) >= 11 is 3.66. The van der Waals surface area contributed by atoms with E-state index in [0.717, 1.165) is 22.7 Å². The van der Waals surface area contributed by atoms with Crippen LogP contribution in [0, 0.1) is 11.8 Å². The van der Waals surface area contributed by atoms with Gasteiger partial charge in [-0.15, -0.1) is 0 Å². The van der Waals surface area contributed by atoms with Gasteiger partial charge in [-0.25, -0.2) is 4.98 Å². The van der Waals surface area contributed by atoms with Gasteiger partial charge in [0.05, 0.1) is 5.52 Å². The smallest absolute Gasteiger partial charge is 0.133 e. The number of aromatic nitrogens is 1. The number of anilines is 1. The van der Waals surface area contributed by atoms with Gasteiger partial charge in [-0.3, -0.25) is 0 Å². The average Bonchev–Trinajstić information content (AvgIpc) is 3.41. The molecule has 2 saturated carbocycles. The second kappa shape index (κ2) is 5.60. The zero-order valence-corrected chi connectivity index (χ0v) is 13.8. The summed E-state index contributed by atoms with van der Waals surface area (Å²) in [5, 5.41) is 2.12. The van der Waals surface area contributed by atoms with Gasteiger partial charge in [-0.05, 0) is 49.7 Å². The second-order valence-corrected chi connectivity index (χ2v) is 7.15. The van der Waals surface area contributed by atoms with E-state index in [1.807, 2.05) is 0 Å². The molecule has 0 unspecified atom stereocenters. The van der Waals surface area contributed by atoms with Gasteiger partial charge in [0, 0.05) is 29.4 Å². The fraction of sp³-hybridized carbons (Fsp3) is 0.500. The predicted octanol–water partition coefficient (Wildman–Crippen LogP) is 4.76. The maximum Gasteiger partial charge on any atom is 0.133 e. The first-order valence-electron chi connectivity index (χ1n) is 8.03. The molecule has 1 aromatic carbocycles. The molecule has 0 amide bonds. The minimum absolute atomic E-state index is 0.881. The van der Waals surface area contributed by atoms with Crippen molar-refractivity contribution in [3.63, 3.8) is 0 Å². The lowest BCUT2D eigenvalue weighted by Gasteiger charge is -2.26. The lowest BCUT2D eigenvalue weighted by Crippen LogP contribution is -2.29. The van der Waals surface area contributed by atoms with Gasteiger partial charge in [0.2, 0.25) is 0 Å². The van der Waals surface area contributed by atoms with Crippen LogP contribution in [0.5, 0.6) is 0 Å². The Morgan fingerprint density at radius 3 is 2.33 bits per heavy atom. The summed E-state index contributed by atoms with van der Waals surface area (Å²) in [4.78, 5) is 7.57. The maximum atomic E-state index is 5.00. The normalized spacial score (nSPS) is 18.1. The zero-order valence-electron chi connectivity index (χ0n) is 12.3. The topological polar surface area (TPSA) is 16.1 Å². The van der Waals surface area contributed by atoms with Crippen molar-refractivity contribution >= 4 is 32.7 Å². The van der Waals surface area contributed by atoms with Crippen LogP contribution in [0.2, 0.25) is 0 Å². The Morgan fingerprint density at radius 2 is 1.71 bits per heavy atom. The van der Waals surface area contributed by atoms with E-state index in [0.29, 0.717) is 0 Å². The molecular weight excluding hydrogens is 324 g/mol. The highest BCUT2D eigenvalue weighted by Crippen LogP contribution is 2.37. The highest BCUT2D eigenvalue weighted by atomic mass is 79.9. The molecule has 2 nitrogen and oxygen atoms in total.